The lowest BCUT2D eigenvalue weighted by atomic mass is 9.94. The monoisotopic (exact) mass is 338 g/mol. The molecule has 1 atom stereocenters. The number of hydrogen-bond donors (Lipinski definition) is 0. The van der Waals surface area contributed by atoms with Crippen molar-refractivity contribution in [2.24, 2.45) is 5.92 Å². The number of aryl methyl sites for hydroxylation is 2. The van der Waals surface area contributed by atoms with E-state index in [4.69, 9.17) is 0 Å². The van der Waals surface area contributed by atoms with Gasteiger partial charge in [-0.05, 0) is 24.5 Å². The molecular formula is C20H26N4O. The van der Waals surface area contributed by atoms with Crippen LogP contribution in [0.2, 0.25) is 0 Å². The van der Waals surface area contributed by atoms with Gasteiger partial charge in [0.2, 0.25) is 5.91 Å². The van der Waals surface area contributed by atoms with Crippen LogP contribution in [0.3, 0.4) is 0 Å². The number of nitrogens with zero attached hydrogens (tertiary/aromatic N) is 4. The van der Waals surface area contributed by atoms with Gasteiger partial charge in [0, 0.05) is 63.5 Å². The van der Waals surface area contributed by atoms with Crippen molar-refractivity contribution in [3.05, 3.63) is 53.6 Å². The SMILES string of the molecule is Cc1ccccc1CN1CCN(C(=O)[C@H]2CCn3cncc3C2)CC1. The van der Waals surface area contributed by atoms with E-state index in [9.17, 15) is 4.79 Å². The largest absolute Gasteiger partial charge is 0.340 e. The maximum absolute atomic E-state index is 12.9. The second kappa shape index (κ2) is 7.00. The molecule has 0 spiro atoms. The highest BCUT2D eigenvalue weighted by molar-refractivity contribution is 5.79. The zero-order valence-corrected chi connectivity index (χ0v) is 14.9. The van der Waals surface area contributed by atoms with Gasteiger partial charge < -0.3 is 9.47 Å². The topological polar surface area (TPSA) is 41.4 Å². The Morgan fingerprint density at radius 1 is 1.16 bits per heavy atom. The van der Waals surface area contributed by atoms with E-state index >= 15 is 0 Å². The van der Waals surface area contributed by atoms with Crippen LogP contribution in [0, 0.1) is 12.8 Å². The van der Waals surface area contributed by atoms with Crippen molar-refractivity contribution in [3.8, 4) is 0 Å². The molecule has 5 nitrogen and oxygen atoms in total. The number of carbonyl (C=O) groups is 1. The van der Waals surface area contributed by atoms with Crippen LogP contribution in [0.25, 0.3) is 0 Å². The van der Waals surface area contributed by atoms with Crippen LogP contribution in [0.15, 0.2) is 36.8 Å². The molecule has 1 aromatic heterocycles. The van der Waals surface area contributed by atoms with Crippen molar-refractivity contribution in [3.63, 3.8) is 0 Å². The lowest BCUT2D eigenvalue weighted by Crippen LogP contribution is -2.50. The Morgan fingerprint density at radius 3 is 2.76 bits per heavy atom. The fraction of sp³-hybridized carbons (Fsp3) is 0.500. The average Bonchev–Trinajstić information content (AvgIpc) is 3.11. The summed E-state index contributed by atoms with van der Waals surface area (Å²) in [4.78, 5) is 21.6. The summed E-state index contributed by atoms with van der Waals surface area (Å²) < 4.78 is 2.17. The Labute approximate surface area is 149 Å². The highest BCUT2D eigenvalue weighted by Gasteiger charge is 2.30. The third-order valence-corrected chi connectivity index (χ3v) is 5.66. The first-order valence-electron chi connectivity index (χ1n) is 9.25. The summed E-state index contributed by atoms with van der Waals surface area (Å²) in [7, 11) is 0. The lowest BCUT2D eigenvalue weighted by Gasteiger charge is -2.37. The first-order valence-corrected chi connectivity index (χ1v) is 9.25. The van der Waals surface area contributed by atoms with Gasteiger partial charge in [-0.3, -0.25) is 9.69 Å². The van der Waals surface area contributed by atoms with E-state index < -0.39 is 0 Å². The normalized spacial score (nSPS) is 21.2. The number of hydrogen-bond acceptors (Lipinski definition) is 3. The van der Waals surface area contributed by atoms with Gasteiger partial charge in [0.1, 0.15) is 0 Å². The van der Waals surface area contributed by atoms with Crippen LogP contribution in [-0.4, -0.2) is 51.4 Å². The Bertz CT molecular complexity index is 746. The molecule has 0 saturated carbocycles. The number of amides is 1. The van der Waals surface area contributed by atoms with E-state index in [1.165, 1.54) is 16.8 Å². The van der Waals surface area contributed by atoms with E-state index in [-0.39, 0.29) is 5.92 Å². The van der Waals surface area contributed by atoms with Gasteiger partial charge in [-0.1, -0.05) is 24.3 Å². The van der Waals surface area contributed by atoms with Crippen molar-refractivity contribution in [1.82, 2.24) is 19.4 Å². The van der Waals surface area contributed by atoms with E-state index in [0.717, 1.165) is 52.1 Å². The average molecular weight is 338 g/mol. The van der Waals surface area contributed by atoms with E-state index in [0.29, 0.717) is 5.91 Å². The predicted octanol–water partition coefficient (Wildman–Crippen LogP) is 2.10. The molecule has 1 fully saturated rings. The van der Waals surface area contributed by atoms with Gasteiger partial charge in [0.15, 0.2) is 0 Å². The maximum atomic E-state index is 12.9. The number of piperazine rings is 1. The van der Waals surface area contributed by atoms with Crippen LogP contribution in [0.4, 0.5) is 0 Å². The van der Waals surface area contributed by atoms with Crippen molar-refractivity contribution in [2.45, 2.75) is 32.9 Å². The third-order valence-electron chi connectivity index (χ3n) is 5.66. The molecule has 2 aromatic rings. The molecule has 0 bridgehead atoms. The number of carbonyl (C=O) groups excluding carboxylic acids is 1. The second-order valence-electron chi connectivity index (χ2n) is 7.30. The number of fused-ring (bicyclic) bond motifs is 1. The Kier molecular flexibility index (Phi) is 4.57. The number of rotatable bonds is 3. The Morgan fingerprint density at radius 2 is 1.96 bits per heavy atom. The summed E-state index contributed by atoms with van der Waals surface area (Å²) in [6.45, 7) is 7.69. The summed E-state index contributed by atoms with van der Waals surface area (Å²) in [6.07, 6.45) is 5.55. The highest BCUT2D eigenvalue weighted by atomic mass is 16.2. The predicted molar refractivity (Wildman–Crippen MR) is 97.1 cm³/mol. The smallest absolute Gasteiger partial charge is 0.226 e. The number of benzene rings is 1. The van der Waals surface area contributed by atoms with Crippen molar-refractivity contribution in [1.29, 1.82) is 0 Å². The quantitative estimate of drug-likeness (QED) is 0.861. The molecule has 25 heavy (non-hydrogen) atoms. The second-order valence-corrected chi connectivity index (χ2v) is 7.30. The summed E-state index contributed by atoms with van der Waals surface area (Å²) in [6, 6.07) is 8.57. The minimum atomic E-state index is 0.132. The minimum Gasteiger partial charge on any atom is -0.340 e. The third kappa shape index (κ3) is 3.47. The number of imidazole rings is 1. The van der Waals surface area contributed by atoms with Crippen LogP contribution in [0.5, 0.6) is 0 Å². The maximum Gasteiger partial charge on any atom is 0.226 e. The van der Waals surface area contributed by atoms with Crippen LogP contribution < -0.4 is 0 Å². The summed E-state index contributed by atoms with van der Waals surface area (Å²) in [5.74, 6) is 0.468. The van der Waals surface area contributed by atoms with Crippen molar-refractivity contribution in [2.75, 3.05) is 26.2 Å². The van der Waals surface area contributed by atoms with Gasteiger partial charge in [-0.15, -0.1) is 0 Å². The summed E-state index contributed by atoms with van der Waals surface area (Å²) >= 11 is 0. The lowest BCUT2D eigenvalue weighted by molar-refractivity contribution is -0.138. The number of aromatic nitrogens is 2. The van der Waals surface area contributed by atoms with Gasteiger partial charge in [-0.25, -0.2) is 4.98 Å². The molecule has 0 aliphatic carbocycles. The van der Waals surface area contributed by atoms with Crippen LogP contribution in [0.1, 0.15) is 23.2 Å². The molecule has 3 heterocycles. The summed E-state index contributed by atoms with van der Waals surface area (Å²) in [5.41, 5.74) is 3.94. The van der Waals surface area contributed by atoms with Gasteiger partial charge in [-0.2, -0.15) is 0 Å². The molecule has 5 heteroatoms. The molecule has 4 rings (SSSR count). The molecular weight excluding hydrogens is 312 g/mol. The van der Waals surface area contributed by atoms with E-state index in [1.807, 2.05) is 12.5 Å². The fourth-order valence-electron chi connectivity index (χ4n) is 3.99. The molecule has 1 amide bonds. The zero-order valence-electron chi connectivity index (χ0n) is 14.9. The van der Waals surface area contributed by atoms with Gasteiger partial charge >= 0.3 is 0 Å². The highest BCUT2D eigenvalue weighted by Crippen LogP contribution is 2.23. The van der Waals surface area contributed by atoms with E-state index in [1.54, 1.807) is 0 Å². The molecule has 2 aliphatic rings. The molecule has 132 valence electrons. The van der Waals surface area contributed by atoms with Gasteiger partial charge in [0.25, 0.3) is 0 Å². The van der Waals surface area contributed by atoms with Crippen LogP contribution in [-0.2, 0) is 24.3 Å². The Hall–Kier alpha value is -2.14. The Balaban J connectivity index is 1.31. The van der Waals surface area contributed by atoms with Crippen molar-refractivity contribution >= 4 is 5.91 Å². The first-order chi connectivity index (χ1) is 12.2. The van der Waals surface area contributed by atoms with E-state index in [2.05, 4.69) is 50.5 Å². The molecule has 0 N–H and O–H groups in total. The molecule has 1 saturated heterocycles. The van der Waals surface area contributed by atoms with Gasteiger partial charge in [0.05, 0.1) is 6.33 Å². The van der Waals surface area contributed by atoms with Crippen LogP contribution >= 0.6 is 0 Å². The zero-order chi connectivity index (χ0) is 17.2. The standard InChI is InChI=1S/C20H26N4O/c1-16-4-2-3-5-18(16)14-22-8-10-23(11-9-22)20(25)17-6-7-24-15-21-13-19(24)12-17/h2-5,13,15,17H,6-12,14H2,1H3/t17-/m0/s1. The molecule has 0 unspecified atom stereocenters. The first kappa shape index (κ1) is 16.3. The molecule has 1 aromatic carbocycles. The molecule has 0 radical (unpaired) electrons. The fourth-order valence-corrected chi connectivity index (χ4v) is 3.99. The molecule has 2 aliphatic heterocycles. The van der Waals surface area contributed by atoms with Crippen molar-refractivity contribution < 1.29 is 4.79 Å². The summed E-state index contributed by atoms with van der Waals surface area (Å²) in [5, 5.41) is 0. The minimum absolute atomic E-state index is 0.132.